The zero-order valence-electron chi connectivity index (χ0n) is 14.5. The van der Waals surface area contributed by atoms with Crippen molar-refractivity contribution in [3.63, 3.8) is 0 Å². The van der Waals surface area contributed by atoms with Crippen LogP contribution in [0.4, 0.5) is 0 Å². The monoisotopic (exact) mass is 347 g/mol. The van der Waals surface area contributed by atoms with Crippen molar-refractivity contribution < 1.29 is 8.83 Å². The van der Waals surface area contributed by atoms with Gasteiger partial charge in [0.1, 0.15) is 11.3 Å². The Morgan fingerprint density at radius 3 is 2.69 bits per heavy atom. The number of nitrogens with zero attached hydrogens (tertiary/aromatic N) is 1. The first-order chi connectivity index (χ1) is 12.5. The van der Waals surface area contributed by atoms with Gasteiger partial charge in [-0.25, -0.2) is 4.79 Å². The van der Waals surface area contributed by atoms with Gasteiger partial charge in [-0.05, 0) is 54.8 Å². The predicted octanol–water partition coefficient (Wildman–Crippen LogP) is 3.94. The van der Waals surface area contributed by atoms with Crippen LogP contribution in [0.2, 0.25) is 0 Å². The molecule has 0 aliphatic rings. The molecule has 2 aromatic heterocycles. The van der Waals surface area contributed by atoms with Crippen molar-refractivity contribution in [3.05, 3.63) is 81.2 Å². The molecule has 5 nitrogen and oxygen atoms in total. The maximum Gasteiger partial charge on any atom is 0.402 e. The number of aromatic nitrogens is 1. The van der Waals surface area contributed by atoms with Crippen molar-refractivity contribution in [1.82, 2.24) is 4.57 Å². The van der Waals surface area contributed by atoms with E-state index in [1.165, 1.54) is 4.57 Å². The Kier molecular flexibility index (Phi) is 3.65. The second-order valence-electron chi connectivity index (χ2n) is 6.35. The lowest BCUT2D eigenvalue weighted by Crippen LogP contribution is -2.32. The Balaban J connectivity index is 2.09. The normalized spacial score (nSPS) is 11.3. The fourth-order valence-corrected chi connectivity index (χ4v) is 3.25. The number of rotatable bonds is 3. The van der Waals surface area contributed by atoms with Crippen LogP contribution in [0.1, 0.15) is 11.3 Å². The zero-order chi connectivity index (χ0) is 18.4. The SMILES string of the molecule is C=CCc1cc(-c2ccc3oc(C)cc3c2)c2oc(=O)c(=O)n(C)c2c1. The second-order valence-corrected chi connectivity index (χ2v) is 6.35. The quantitative estimate of drug-likeness (QED) is 0.416. The van der Waals surface area contributed by atoms with Gasteiger partial charge in [0, 0.05) is 18.0 Å². The highest BCUT2D eigenvalue weighted by molar-refractivity contribution is 5.94. The summed E-state index contributed by atoms with van der Waals surface area (Å²) in [7, 11) is 1.58. The van der Waals surface area contributed by atoms with Gasteiger partial charge < -0.3 is 13.4 Å². The molecule has 130 valence electrons. The summed E-state index contributed by atoms with van der Waals surface area (Å²) in [5.41, 5.74) is 2.83. The molecule has 0 atom stereocenters. The summed E-state index contributed by atoms with van der Waals surface area (Å²) in [6, 6.07) is 11.6. The van der Waals surface area contributed by atoms with Crippen LogP contribution < -0.4 is 11.2 Å². The summed E-state index contributed by atoms with van der Waals surface area (Å²) in [6.45, 7) is 5.68. The molecule has 4 aromatic rings. The van der Waals surface area contributed by atoms with Gasteiger partial charge in [-0.2, -0.15) is 0 Å². The summed E-state index contributed by atoms with van der Waals surface area (Å²) < 4.78 is 12.3. The lowest BCUT2D eigenvalue weighted by atomic mass is 9.99. The molecule has 26 heavy (non-hydrogen) atoms. The van der Waals surface area contributed by atoms with Crippen LogP contribution in [-0.4, -0.2) is 4.57 Å². The Morgan fingerprint density at radius 2 is 1.92 bits per heavy atom. The van der Waals surface area contributed by atoms with E-state index in [9.17, 15) is 9.59 Å². The number of allylic oxidation sites excluding steroid dienone is 1. The van der Waals surface area contributed by atoms with Crippen LogP contribution in [0.25, 0.3) is 33.2 Å². The number of hydrogen-bond donors (Lipinski definition) is 0. The molecule has 0 aliphatic heterocycles. The first-order valence-corrected chi connectivity index (χ1v) is 8.26. The fourth-order valence-electron chi connectivity index (χ4n) is 3.25. The molecule has 0 amide bonds. The first-order valence-electron chi connectivity index (χ1n) is 8.26. The van der Waals surface area contributed by atoms with Gasteiger partial charge in [-0.3, -0.25) is 4.79 Å². The maximum atomic E-state index is 12.0. The summed E-state index contributed by atoms with van der Waals surface area (Å²) >= 11 is 0. The summed E-state index contributed by atoms with van der Waals surface area (Å²) in [6.07, 6.45) is 2.44. The van der Waals surface area contributed by atoms with Crippen molar-refractivity contribution in [2.24, 2.45) is 7.05 Å². The fraction of sp³-hybridized carbons (Fsp3) is 0.143. The van der Waals surface area contributed by atoms with E-state index in [1.807, 2.05) is 43.3 Å². The third-order valence-corrected chi connectivity index (χ3v) is 4.50. The molecule has 0 unspecified atom stereocenters. The van der Waals surface area contributed by atoms with Crippen LogP contribution in [-0.2, 0) is 13.5 Å². The second kappa shape index (κ2) is 5.88. The Labute approximate surface area is 148 Å². The van der Waals surface area contributed by atoms with E-state index < -0.39 is 11.2 Å². The van der Waals surface area contributed by atoms with Crippen LogP contribution in [0.5, 0.6) is 0 Å². The van der Waals surface area contributed by atoms with E-state index in [-0.39, 0.29) is 0 Å². The lowest BCUT2D eigenvalue weighted by Gasteiger charge is -2.11. The van der Waals surface area contributed by atoms with Gasteiger partial charge in [0.25, 0.3) is 0 Å². The molecule has 5 heteroatoms. The van der Waals surface area contributed by atoms with Crippen LogP contribution >= 0.6 is 0 Å². The first kappa shape index (κ1) is 16.1. The number of furan rings is 1. The molecule has 0 saturated heterocycles. The third kappa shape index (κ3) is 2.49. The minimum absolute atomic E-state index is 0.393. The highest BCUT2D eigenvalue weighted by atomic mass is 16.4. The molecular weight excluding hydrogens is 330 g/mol. The molecule has 0 fully saturated rings. The predicted molar refractivity (Wildman–Crippen MR) is 102 cm³/mol. The van der Waals surface area contributed by atoms with Gasteiger partial charge in [0.05, 0.1) is 5.52 Å². The lowest BCUT2D eigenvalue weighted by molar-refractivity contribution is 0.534. The van der Waals surface area contributed by atoms with Crippen molar-refractivity contribution in [2.75, 3.05) is 0 Å². The molecule has 2 aromatic carbocycles. The van der Waals surface area contributed by atoms with Gasteiger partial charge in [0.2, 0.25) is 0 Å². The Morgan fingerprint density at radius 1 is 1.12 bits per heavy atom. The summed E-state index contributed by atoms with van der Waals surface area (Å²) in [5.74, 6) is 0.830. The van der Waals surface area contributed by atoms with Crippen LogP contribution in [0.3, 0.4) is 0 Å². The van der Waals surface area contributed by atoms with Gasteiger partial charge in [-0.1, -0.05) is 12.1 Å². The Hall–Kier alpha value is -3.34. The van der Waals surface area contributed by atoms with E-state index in [4.69, 9.17) is 8.83 Å². The average Bonchev–Trinajstić information content (AvgIpc) is 2.99. The summed E-state index contributed by atoms with van der Waals surface area (Å²) in [5, 5.41) is 0.967. The van der Waals surface area contributed by atoms with Crippen molar-refractivity contribution in [3.8, 4) is 11.1 Å². The minimum Gasteiger partial charge on any atom is -0.461 e. The van der Waals surface area contributed by atoms with Gasteiger partial charge >= 0.3 is 11.2 Å². The maximum absolute atomic E-state index is 12.0. The van der Waals surface area contributed by atoms with Gasteiger partial charge in [-0.15, -0.1) is 6.58 Å². The number of benzene rings is 2. The molecule has 0 aliphatic carbocycles. The molecule has 2 heterocycles. The van der Waals surface area contributed by atoms with E-state index in [0.29, 0.717) is 17.5 Å². The smallest absolute Gasteiger partial charge is 0.402 e. The van der Waals surface area contributed by atoms with Crippen molar-refractivity contribution in [1.29, 1.82) is 0 Å². The summed E-state index contributed by atoms with van der Waals surface area (Å²) in [4.78, 5) is 23.9. The topological polar surface area (TPSA) is 65.3 Å². The zero-order valence-corrected chi connectivity index (χ0v) is 14.5. The van der Waals surface area contributed by atoms with Crippen LogP contribution in [0, 0.1) is 6.92 Å². The molecule has 0 bridgehead atoms. The molecule has 0 saturated carbocycles. The largest absolute Gasteiger partial charge is 0.461 e. The molecular formula is C21H17NO4. The van der Waals surface area contributed by atoms with E-state index in [1.54, 1.807) is 13.1 Å². The Bertz CT molecular complexity index is 1290. The number of aryl methyl sites for hydroxylation is 2. The minimum atomic E-state index is -0.877. The van der Waals surface area contributed by atoms with Crippen LogP contribution in [0.15, 0.2) is 67.5 Å². The standard InChI is InChI=1S/C21H17NO4/c1-4-5-13-9-16(14-6-7-18-15(11-14)8-12(2)25-18)19-17(10-13)22(3)20(23)21(24)26-19/h4,6-11H,1,5H2,2-3H3. The van der Waals surface area contributed by atoms with E-state index in [0.717, 1.165) is 33.4 Å². The van der Waals surface area contributed by atoms with Gasteiger partial charge in [0.15, 0.2) is 5.58 Å². The molecule has 0 radical (unpaired) electrons. The highest BCUT2D eigenvalue weighted by Crippen LogP contribution is 2.32. The number of hydrogen-bond acceptors (Lipinski definition) is 4. The molecule has 0 N–H and O–H groups in total. The highest BCUT2D eigenvalue weighted by Gasteiger charge is 2.15. The third-order valence-electron chi connectivity index (χ3n) is 4.50. The number of fused-ring (bicyclic) bond motifs is 2. The van der Waals surface area contributed by atoms with E-state index in [2.05, 4.69) is 6.58 Å². The molecule has 4 rings (SSSR count). The molecule has 0 spiro atoms. The average molecular weight is 347 g/mol. The van der Waals surface area contributed by atoms with Crippen molar-refractivity contribution in [2.45, 2.75) is 13.3 Å². The van der Waals surface area contributed by atoms with Crippen molar-refractivity contribution >= 4 is 22.1 Å². The van der Waals surface area contributed by atoms with E-state index >= 15 is 0 Å².